The number of aromatic nitrogens is 2. The molecule has 5 heteroatoms. The molecule has 1 aliphatic rings. The summed E-state index contributed by atoms with van der Waals surface area (Å²) in [4.78, 5) is 14.8. The monoisotopic (exact) mass is 340 g/mol. The Bertz CT molecular complexity index is 674. The SMILES string of the molecule is Cc1cc(C)nc(CC(=S)N2CCN(Cc3ccccn3)CC2)c1. The minimum absolute atomic E-state index is 0.762. The van der Waals surface area contributed by atoms with Gasteiger partial charge in [0.25, 0.3) is 0 Å². The van der Waals surface area contributed by atoms with Crippen LogP contribution in [0.15, 0.2) is 36.5 Å². The molecule has 4 nitrogen and oxygen atoms in total. The van der Waals surface area contributed by atoms with Crippen molar-refractivity contribution in [2.75, 3.05) is 26.2 Å². The first-order valence-corrected chi connectivity index (χ1v) is 8.85. The molecular formula is C19H24N4S. The van der Waals surface area contributed by atoms with Gasteiger partial charge in [-0.15, -0.1) is 0 Å². The molecule has 0 radical (unpaired) electrons. The van der Waals surface area contributed by atoms with E-state index in [0.29, 0.717) is 0 Å². The van der Waals surface area contributed by atoms with Crippen LogP contribution in [0.2, 0.25) is 0 Å². The first kappa shape index (κ1) is 17.0. The average Bonchev–Trinajstić information content (AvgIpc) is 2.55. The van der Waals surface area contributed by atoms with Crippen molar-refractivity contribution in [3.8, 4) is 0 Å². The van der Waals surface area contributed by atoms with E-state index in [1.807, 2.05) is 25.3 Å². The third kappa shape index (κ3) is 4.58. The van der Waals surface area contributed by atoms with Gasteiger partial charge in [-0.05, 0) is 43.7 Å². The maximum Gasteiger partial charge on any atom is 0.0840 e. The summed E-state index contributed by atoms with van der Waals surface area (Å²) in [5.74, 6) is 0. The van der Waals surface area contributed by atoms with Gasteiger partial charge in [0.1, 0.15) is 0 Å². The molecule has 2 aromatic heterocycles. The lowest BCUT2D eigenvalue weighted by molar-refractivity contribution is 0.174. The molecule has 1 aliphatic heterocycles. The molecule has 3 rings (SSSR count). The highest BCUT2D eigenvalue weighted by atomic mass is 32.1. The zero-order valence-electron chi connectivity index (χ0n) is 14.4. The van der Waals surface area contributed by atoms with E-state index in [2.05, 4.69) is 44.9 Å². The first-order chi connectivity index (χ1) is 11.6. The summed E-state index contributed by atoms with van der Waals surface area (Å²) in [6.45, 7) is 9.08. The molecule has 0 unspecified atom stereocenters. The van der Waals surface area contributed by atoms with Gasteiger partial charge in [0.05, 0.1) is 10.7 Å². The van der Waals surface area contributed by atoms with Crippen LogP contribution in [0.5, 0.6) is 0 Å². The molecule has 0 amide bonds. The van der Waals surface area contributed by atoms with Crippen LogP contribution >= 0.6 is 12.2 Å². The lowest BCUT2D eigenvalue weighted by Crippen LogP contribution is -2.48. The van der Waals surface area contributed by atoms with Crippen molar-refractivity contribution in [1.29, 1.82) is 0 Å². The summed E-state index contributed by atoms with van der Waals surface area (Å²) in [5.41, 5.74) is 4.52. The summed E-state index contributed by atoms with van der Waals surface area (Å²) in [6.07, 6.45) is 2.62. The van der Waals surface area contributed by atoms with Crippen molar-refractivity contribution in [3.05, 3.63) is 59.2 Å². The number of thiocarbonyl (C=S) groups is 1. The van der Waals surface area contributed by atoms with Gasteiger partial charge in [0.15, 0.2) is 0 Å². The van der Waals surface area contributed by atoms with Gasteiger partial charge >= 0.3 is 0 Å². The van der Waals surface area contributed by atoms with Crippen molar-refractivity contribution in [3.63, 3.8) is 0 Å². The highest BCUT2D eigenvalue weighted by Gasteiger charge is 2.19. The summed E-state index contributed by atoms with van der Waals surface area (Å²) in [5, 5.41) is 0. The predicted molar refractivity (Wildman–Crippen MR) is 101 cm³/mol. The van der Waals surface area contributed by atoms with E-state index in [1.54, 1.807) is 0 Å². The van der Waals surface area contributed by atoms with E-state index in [9.17, 15) is 0 Å². The van der Waals surface area contributed by atoms with Crippen LogP contribution in [0.25, 0.3) is 0 Å². The Morgan fingerprint density at radius 3 is 2.54 bits per heavy atom. The van der Waals surface area contributed by atoms with E-state index >= 15 is 0 Å². The van der Waals surface area contributed by atoms with Crippen molar-refractivity contribution in [2.45, 2.75) is 26.8 Å². The Hall–Kier alpha value is -1.85. The molecular weight excluding hydrogens is 316 g/mol. The Labute approximate surface area is 149 Å². The van der Waals surface area contributed by atoms with E-state index < -0.39 is 0 Å². The minimum Gasteiger partial charge on any atom is -0.363 e. The second-order valence-corrected chi connectivity index (χ2v) is 6.90. The largest absolute Gasteiger partial charge is 0.363 e. The van der Waals surface area contributed by atoms with Crippen molar-refractivity contribution >= 4 is 17.2 Å². The third-order valence-corrected chi connectivity index (χ3v) is 4.72. The van der Waals surface area contributed by atoms with Crippen molar-refractivity contribution < 1.29 is 0 Å². The lowest BCUT2D eigenvalue weighted by Gasteiger charge is -2.36. The zero-order valence-corrected chi connectivity index (χ0v) is 15.2. The molecule has 3 heterocycles. The highest BCUT2D eigenvalue weighted by molar-refractivity contribution is 7.80. The van der Waals surface area contributed by atoms with Crippen LogP contribution in [-0.2, 0) is 13.0 Å². The molecule has 2 aromatic rings. The average molecular weight is 340 g/mol. The summed E-state index contributed by atoms with van der Waals surface area (Å²) < 4.78 is 0. The number of nitrogens with zero attached hydrogens (tertiary/aromatic N) is 4. The van der Waals surface area contributed by atoms with Gasteiger partial charge in [-0.1, -0.05) is 18.3 Å². The Morgan fingerprint density at radius 1 is 1.08 bits per heavy atom. The van der Waals surface area contributed by atoms with Gasteiger partial charge in [-0.2, -0.15) is 0 Å². The zero-order chi connectivity index (χ0) is 16.9. The topological polar surface area (TPSA) is 32.3 Å². The van der Waals surface area contributed by atoms with E-state index in [-0.39, 0.29) is 0 Å². The van der Waals surface area contributed by atoms with E-state index in [0.717, 1.165) is 61.2 Å². The number of hydrogen-bond acceptors (Lipinski definition) is 4. The van der Waals surface area contributed by atoms with Crippen molar-refractivity contribution in [2.24, 2.45) is 0 Å². The molecule has 24 heavy (non-hydrogen) atoms. The smallest absolute Gasteiger partial charge is 0.0840 e. The number of piperazine rings is 1. The quantitative estimate of drug-likeness (QED) is 0.799. The molecule has 0 N–H and O–H groups in total. The summed E-state index contributed by atoms with van der Waals surface area (Å²) in [7, 11) is 0. The number of pyridine rings is 2. The summed E-state index contributed by atoms with van der Waals surface area (Å²) in [6, 6.07) is 10.3. The molecule has 0 saturated carbocycles. The fraction of sp³-hybridized carbons (Fsp3) is 0.421. The molecule has 0 aromatic carbocycles. The molecule has 0 atom stereocenters. The van der Waals surface area contributed by atoms with Crippen LogP contribution in [0, 0.1) is 13.8 Å². The van der Waals surface area contributed by atoms with Crippen LogP contribution < -0.4 is 0 Å². The third-order valence-electron chi connectivity index (χ3n) is 4.32. The van der Waals surface area contributed by atoms with Gasteiger partial charge in [-0.25, -0.2) is 0 Å². The van der Waals surface area contributed by atoms with E-state index in [4.69, 9.17) is 12.2 Å². The highest BCUT2D eigenvalue weighted by Crippen LogP contribution is 2.11. The number of hydrogen-bond donors (Lipinski definition) is 0. The predicted octanol–water partition coefficient (Wildman–Crippen LogP) is 2.78. The van der Waals surface area contributed by atoms with Crippen LogP contribution in [0.4, 0.5) is 0 Å². The molecule has 126 valence electrons. The van der Waals surface area contributed by atoms with Crippen molar-refractivity contribution in [1.82, 2.24) is 19.8 Å². The van der Waals surface area contributed by atoms with Gasteiger partial charge in [-0.3, -0.25) is 14.9 Å². The Kier molecular flexibility index (Phi) is 5.53. The molecule has 0 bridgehead atoms. The maximum absolute atomic E-state index is 5.67. The molecule has 1 fully saturated rings. The standard InChI is InChI=1S/C19H24N4S/c1-15-11-16(2)21-18(12-15)13-19(24)23-9-7-22(8-10-23)14-17-5-3-4-6-20-17/h3-6,11-12H,7-10,13-14H2,1-2H3. The number of aryl methyl sites for hydroxylation is 2. The molecule has 1 saturated heterocycles. The Balaban J connectivity index is 1.51. The maximum atomic E-state index is 5.67. The molecule has 0 spiro atoms. The van der Waals surface area contributed by atoms with Crippen LogP contribution in [0.3, 0.4) is 0 Å². The number of rotatable bonds is 4. The van der Waals surface area contributed by atoms with Crippen LogP contribution in [0.1, 0.15) is 22.6 Å². The Morgan fingerprint density at radius 2 is 1.88 bits per heavy atom. The van der Waals surface area contributed by atoms with Crippen LogP contribution in [-0.4, -0.2) is 50.9 Å². The fourth-order valence-corrected chi connectivity index (χ4v) is 3.49. The second kappa shape index (κ2) is 7.81. The normalized spacial score (nSPS) is 15.5. The van der Waals surface area contributed by atoms with E-state index in [1.165, 1.54) is 5.56 Å². The van der Waals surface area contributed by atoms with Gasteiger partial charge in [0, 0.05) is 56.7 Å². The van der Waals surface area contributed by atoms with Gasteiger partial charge in [0.2, 0.25) is 0 Å². The fourth-order valence-electron chi connectivity index (χ4n) is 3.16. The second-order valence-electron chi connectivity index (χ2n) is 6.43. The lowest BCUT2D eigenvalue weighted by atomic mass is 10.1. The first-order valence-electron chi connectivity index (χ1n) is 8.44. The van der Waals surface area contributed by atoms with Gasteiger partial charge < -0.3 is 4.90 Å². The summed E-state index contributed by atoms with van der Waals surface area (Å²) >= 11 is 5.67. The minimum atomic E-state index is 0.762. The molecule has 0 aliphatic carbocycles.